The molecule has 12 nitrogen and oxygen atoms in total. The largest absolute Gasteiger partial charge is 0.465 e. The molecule has 14 heteroatoms. The zero-order chi connectivity index (χ0) is 40.0. The molecule has 0 bridgehead atoms. The predicted octanol–water partition coefficient (Wildman–Crippen LogP) is 8.23. The molecule has 0 radical (unpaired) electrons. The second-order valence-corrected chi connectivity index (χ2v) is 16.4. The van der Waals surface area contributed by atoms with E-state index < -0.39 is 34.7 Å². The van der Waals surface area contributed by atoms with Crippen molar-refractivity contribution < 1.29 is 33.4 Å². The maximum atomic E-state index is 13.8. The molecule has 0 fully saturated rings. The number of hydrogen-bond acceptors (Lipinski definition) is 9. The van der Waals surface area contributed by atoms with Crippen LogP contribution in [0.2, 0.25) is 0 Å². The Morgan fingerprint density at radius 1 is 0.982 bits per heavy atom. The van der Waals surface area contributed by atoms with Gasteiger partial charge in [0, 0.05) is 50.2 Å². The van der Waals surface area contributed by atoms with Gasteiger partial charge in [-0.2, -0.15) is 0 Å². The Labute approximate surface area is 333 Å². The molecule has 0 spiro atoms. The Kier molecular flexibility index (Phi) is 12.3. The van der Waals surface area contributed by atoms with Gasteiger partial charge in [-0.3, -0.25) is 14.4 Å². The highest BCUT2D eigenvalue weighted by Crippen LogP contribution is 2.39. The third kappa shape index (κ3) is 9.50. The molecule has 1 atom stereocenters. The first-order chi connectivity index (χ1) is 26.8. The van der Waals surface area contributed by atoms with Gasteiger partial charge < -0.3 is 35.3 Å². The molecular weight excluding hydrogens is 751 g/mol. The number of aromatic amines is 1. The molecular formula is C42H43N5O7S2. The summed E-state index contributed by atoms with van der Waals surface area (Å²) in [4.78, 5) is 72.9. The van der Waals surface area contributed by atoms with Gasteiger partial charge in [0.15, 0.2) is 0 Å². The summed E-state index contributed by atoms with van der Waals surface area (Å²) >= 11 is 2.56. The third-order valence-electron chi connectivity index (χ3n) is 8.82. The van der Waals surface area contributed by atoms with Crippen molar-refractivity contribution in [3.05, 3.63) is 118 Å². The standard InChI is InChI=1S/C42H43N5O7S2/c1-6-33(38(50)46-39-35(40(51)53-5)30-19-20-47(24-34(30)56-39)41(52)54-42(2,3)4)55-28-16-12-15-27(22-28)44-37(49)32(45-36(48)25-13-8-7-9-14-25)21-26-23-43-31-18-11-10-17-29(26)31/h7-18,21-23,33,43H,6,19-20,24H2,1-5H3,(H,44,49)(H,45,48)(H,46,50)/b32-21-. The van der Waals surface area contributed by atoms with Gasteiger partial charge in [-0.15, -0.1) is 23.1 Å². The number of nitrogens with one attached hydrogen (secondary N) is 4. The fourth-order valence-electron chi connectivity index (χ4n) is 6.13. The Balaban J connectivity index is 1.18. The van der Waals surface area contributed by atoms with Crippen molar-refractivity contribution in [2.75, 3.05) is 24.3 Å². The molecule has 1 aliphatic rings. The number of benzene rings is 3. The number of amides is 4. The van der Waals surface area contributed by atoms with Gasteiger partial charge in [0.25, 0.3) is 11.8 Å². The fraction of sp³-hybridized carbons (Fsp3) is 0.262. The highest BCUT2D eigenvalue weighted by Gasteiger charge is 2.33. The number of thioether (sulfide) groups is 1. The summed E-state index contributed by atoms with van der Waals surface area (Å²) in [5.74, 6) is -1.85. The molecule has 0 saturated carbocycles. The van der Waals surface area contributed by atoms with E-state index in [4.69, 9.17) is 9.47 Å². The van der Waals surface area contributed by atoms with E-state index in [0.29, 0.717) is 46.1 Å². The monoisotopic (exact) mass is 793 g/mol. The molecule has 4 N–H and O–H groups in total. The first-order valence-electron chi connectivity index (χ1n) is 18.1. The van der Waals surface area contributed by atoms with Crippen LogP contribution in [0.3, 0.4) is 0 Å². The van der Waals surface area contributed by atoms with E-state index in [-0.39, 0.29) is 18.1 Å². The van der Waals surface area contributed by atoms with Crippen LogP contribution < -0.4 is 16.0 Å². The van der Waals surface area contributed by atoms with Crippen molar-refractivity contribution in [1.82, 2.24) is 15.2 Å². The summed E-state index contributed by atoms with van der Waals surface area (Å²) in [7, 11) is 1.29. The van der Waals surface area contributed by atoms with Crippen LogP contribution in [0, 0.1) is 0 Å². The zero-order valence-electron chi connectivity index (χ0n) is 31.7. The van der Waals surface area contributed by atoms with Crippen LogP contribution in [0.4, 0.5) is 15.5 Å². The lowest BCUT2D eigenvalue weighted by Gasteiger charge is -2.30. The average Bonchev–Trinajstić information content (AvgIpc) is 3.76. The second-order valence-electron chi connectivity index (χ2n) is 14.0. The van der Waals surface area contributed by atoms with Crippen LogP contribution in [0.5, 0.6) is 0 Å². The number of rotatable bonds is 11. The number of aromatic nitrogens is 1. The van der Waals surface area contributed by atoms with Crippen LogP contribution >= 0.6 is 23.1 Å². The number of thiophene rings is 1. The van der Waals surface area contributed by atoms with Crippen LogP contribution in [0.1, 0.15) is 70.8 Å². The second kappa shape index (κ2) is 17.3. The van der Waals surface area contributed by atoms with Gasteiger partial charge in [-0.1, -0.05) is 49.4 Å². The van der Waals surface area contributed by atoms with E-state index in [1.54, 1.807) is 86.5 Å². The maximum absolute atomic E-state index is 13.8. The molecule has 4 amide bonds. The normalized spacial score (nSPS) is 13.4. The van der Waals surface area contributed by atoms with Crippen LogP contribution in [-0.4, -0.2) is 64.2 Å². The van der Waals surface area contributed by atoms with Crippen LogP contribution in [0.25, 0.3) is 17.0 Å². The van der Waals surface area contributed by atoms with Crippen molar-refractivity contribution in [1.29, 1.82) is 0 Å². The number of esters is 1. The number of para-hydroxylation sites is 1. The number of H-pyrrole nitrogens is 1. The van der Waals surface area contributed by atoms with E-state index in [1.165, 1.54) is 30.2 Å². The van der Waals surface area contributed by atoms with Crippen LogP contribution in [0.15, 0.2) is 95.7 Å². The van der Waals surface area contributed by atoms with Crippen LogP contribution in [-0.2, 0) is 32.0 Å². The summed E-state index contributed by atoms with van der Waals surface area (Å²) in [5, 5.41) is 9.34. The molecule has 3 heterocycles. The number of carbonyl (C=O) groups excluding carboxylic acids is 5. The fourth-order valence-corrected chi connectivity index (χ4v) is 8.40. The topological polar surface area (TPSA) is 159 Å². The van der Waals surface area contributed by atoms with Crippen molar-refractivity contribution in [2.24, 2.45) is 0 Å². The number of carbonyl (C=O) groups is 5. The third-order valence-corrected chi connectivity index (χ3v) is 11.3. The molecule has 3 aromatic carbocycles. The van der Waals surface area contributed by atoms with Gasteiger partial charge in [0.05, 0.1) is 24.5 Å². The van der Waals surface area contributed by atoms with Crippen molar-refractivity contribution in [3.8, 4) is 0 Å². The minimum Gasteiger partial charge on any atom is -0.465 e. The van der Waals surface area contributed by atoms with E-state index in [1.807, 2.05) is 37.3 Å². The van der Waals surface area contributed by atoms with Crippen molar-refractivity contribution >= 4 is 80.6 Å². The quantitative estimate of drug-likeness (QED) is 0.0592. The Morgan fingerprint density at radius 2 is 1.73 bits per heavy atom. The van der Waals surface area contributed by atoms with Gasteiger partial charge >= 0.3 is 12.1 Å². The molecule has 56 heavy (non-hydrogen) atoms. The number of fused-ring (bicyclic) bond motifs is 2. The number of ether oxygens (including phenoxy) is 2. The molecule has 1 unspecified atom stereocenters. The minimum absolute atomic E-state index is 0.0433. The van der Waals surface area contributed by atoms with Crippen molar-refractivity contribution in [3.63, 3.8) is 0 Å². The molecule has 1 aliphatic heterocycles. The number of hydrogen-bond donors (Lipinski definition) is 4. The lowest BCUT2D eigenvalue weighted by atomic mass is 10.0. The zero-order valence-corrected chi connectivity index (χ0v) is 33.3. The van der Waals surface area contributed by atoms with E-state index in [9.17, 15) is 24.0 Å². The number of nitrogens with zero attached hydrogens (tertiary/aromatic N) is 1. The summed E-state index contributed by atoms with van der Waals surface area (Å²) in [6, 6.07) is 23.4. The van der Waals surface area contributed by atoms with E-state index in [2.05, 4.69) is 20.9 Å². The minimum atomic E-state index is -0.653. The lowest BCUT2D eigenvalue weighted by molar-refractivity contribution is -0.116. The molecule has 2 aromatic heterocycles. The summed E-state index contributed by atoms with van der Waals surface area (Å²) < 4.78 is 10.7. The molecule has 0 aliphatic carbocycles. The number of anilines is 2. The number of methoxy groups -OCH3 is 1. The average molecular weight is 794 g/mol. The highest BCUT2D eigenvalue weighted by molar-refractivity contribution is 8.00. The molecule has 290 valence electrons. The van der Waals surface area contributed by atoms with Gasteiger partial charge in [-0.05, 0) is 81.7 Å². The first kappa shape index (κ1) is 39.8. The Bertz CT molecular complexity index is 2310. The van der Waals surface area contributed by atoms with Crippen molar-refractivity contribution in [2.45, 2.75) is 62.8 Å². The Hall–Kier alpha value is -5.86. The lowest BCUT2D eigenvalue weighted by Crippen LogP contribution is -2.39. The van der Waals surface area contributed by atoms with Gasteiger partial charge in [0.2, 0.25) is 5.91 Å². The summed E-state index contributed by atoms with van der Waals surface area (Å²) in [6.07, 6.45) is 3.83. The molecule has 5 aromatic rings. The van der Waals surface area contributed by atoms with E-state index in [0.717, 1.165) is 26.9 Å². The highest BCUT2D eigenvalue weighted by atomic mass is 32.2. The summed E-state index contributed by atoms with van der Waals surface area (Å²) in [5.41, 5.74) is 2.91. The first-order valence-corrected chi connectivity index (χ1v) is 19.8. The van der Waals surface area contributed by atoms with Gasteiger partial charge in [-0.25, -0.2) is 9.59 Å². The predicted molar refractivity (Wildman–Crippen MR) is 220 cm³/mol. The van der Waals surface area contributed by atoms with Gasteiger partial charge in [0.1, 0.15) is 16.3 Å². The maximum Gasteiger partial charge on any atom is 0.410 e. The van der Waals surface area contributed by atoms with E-state index >= 15 is 0 Å². The Morgan fingerprint density at radius 3 is 2.46 bits per heavy atom. The summed E-state index contributed by atoms with van der Waals surface area (Å²) in [6.45, 7) is 7.90. The SMILES string of the molecule is CCC(Sc1cccc(NC(=O)/C(=C/c2c[nH]c3ccccc23)NC(=O)c2ccccc2)c1)C(=O)Nc1sc2c(c1C(=O)OC)CCN(C(=O)OC(C)(C)C)C2. The molecule has 6 rings (SSSR count). The smallest absolute Gasteiger partial charge is 0.410 e. The molecule has 0 saturated heterocycles.